The molecule has 67 heavy (non-hydrogen) atoms. The molecule has 0 bridgehead atoms. The molecule has 7 heterocycles. The fourth-order valence-electron chi connectivity index (χ4n) is 4.64. The van der Waals surface area contributed by atoms with E-state index in [4.69, 9.17) is 0 Å². The maximum Gasteiger partial charge on any atom is 0.345 e. The Bertz CT molecular complexity index is 2360. The van der Waals surface area contributed by atoms with Gasteiger partial charge >= 0.3 is 5.69 Å². The Morgan fingerprint density at radius 1 is 0.418 bits per heavy atom. The number of allylic oxidation sites excluding steroid dienone is 4. The van der Waals surface area contributed by atoms with Crippen molar-refractivity contribution in [2.24, 2.45) is 0 Å². The molecule has 0 spiro atoms. The van der Waals surface area contributed by atoms with Crippen LogP contribution in [0.1, 0.15) is 99.1 Å². The van der Waals surface area contributed by atoms with Crippen LogP contribution in [0.3, 0.4) is 0 Å². The van der Waals surface area contributed by atoms with Crippen LogP contribution in [-0.4, -0.2) is 55.6 Å². The predicted molar refractivity (Wildman–Crippen MR) is 272 cm³/mol. The van der Waals surface area contributed by atoms with Gasteiger partial charge in [-0.2, -0.15) is 0 Å². The van der Waals surface area contributed by atoms with Gasteiger partial charge in [0, 0.05) is 84.1 Å². The lowest BCUT2D eigenvalue weighted by Crippen LogP contribution is -2.11. The Hall–Kier alpha value is -7.41. The van der Waals surface area contributed by atoms with E-state index in [0.717, 1.165) is 68.5 Å². The topological polar surface area (TPSA) is 186 Å². The van der Waals surface area contributed by atoms with Gasteiger partial charge in [0.15, 0.2) is 5.78 Å². The first-order valence-corrected chi connectivity index (χ1v) is 21.8. The Labute approximate surface area is 397 Å². The summed E-state index contributed by atoms with van der Waals surface area (Å²) >= 11 is 0. The van der Waals surface area contributed by atoms with Crippen LogP contribution >= 0.6 is 0 Å². The number of carbonyl (C=O) groups is 1. The van der Waals surface area contributed by atoms with Gasteiger partial charge in [0.2, 0.25) is 5.56 Å². The molecule has 13 heteroatoms. The van der Waals surface area contributed by atoms with Gasteiger partial charge in [0.05, 0.1) is 11.4 Å². The van der Waals surface area contributed by atoms with E-state index < -0.39 is 0 Å². The highest BCUT2D eigenvalue weighted by Gasteiger charge is 2.06. The average molecular weight is 907 g/mol. The first-order chi connectivity index (χ1) is 31.6. The first-order valence-electron chi connectivity index (χ1n) is 21.8. The van der Waals surface area contributed by atoms with Gasteiger partial charge in [0.25, 0.3) is 0 Å². The van der Waals surface area contributed by atoms with Gasteiger partial charge in [-0.05, 0) is 186 Å². The van der Waals surface area contributed by atoms with Crippen molar-refractivity contribution in [3.63, 3.8) is 0 Å². The number of aryl methyl sites for hydroxylation is 14. The molecule has 0 fully saturated rings. The van der Waals surface area contributed by atoms with Crippen LogP contribution in [0.15, 0.2) is 131 Å². The summed E-state index contributed by atoms with van der Waals surface area (Å²) in [5.74, 6) is 0.166. The lowest BCUT2D eigenvalue weighted by molar-refractivity contribution is -0.111. The van der Waals surface area contributed by atoms with Crippen LogP contribution in [-0.2, 0) is 4.79 Å². The van der Waals surface area contributed by atoms with Gasteiger partial charge in [-0.1, -0.05) is 29.8 Å². The Balaban J connectivity index is 0.000000383. The molecule has 1 aliphatic rings. The molecule has 0 saturated heterocycles. The number of rotatable bonds is 0. The molecule has 7 aromatic rings. The second kappa shape index (κ2) is 31.5. The smallest absolute Gasteiger partial charge is 0.326 e. The molecule has 0 saturated carbocycles. The fourth-order valence-corrected chi connectivity index (χ4v) is 4.64. The molecule has 1 aliphatic carbocycles. The Kier molecular flexibility index (Phi) is 27.1. The second-order valence-electron chi connectivity index (χ2n) is 15.8. The summed E-state index contributed by atoms with van der Waals surface area (Å²) in [5.41, 5.74) is 17.3. The number of nitrogens with one attached hydrogen (secondary N) is 2. The molecular formula is C54H70N10O3. The summed E-state index contributed by atoms with van der Waals surface area (Å²) in [6, 6.07) is 13.4. The number of hydrogen-bond donors (Lipinski definition) is 2. The standard InChI is InChI=1S/C8H10O.C7H9NO.3C7H9N.C6H8N2O.2C6H8N2/c1-6-4-3-5-8(9)7(6)2;1-5-3-4-7(9)8-6(5)2;1-6-3-4-8-5-7(6)2;2*1-6-4-3-5-8-7(6)2;1-4-3-7-6(9)8-5(4)2;1-5-3-7-4-8-6(5)2;1-5-6(2)8-4-3-7-5/h3,5H,4H2,1-2H3;3-4H,1-2H3,(H,8,9);3*3-5H,1-2H3;3H,1-2H3,(H,7,8,9);2*3-4H,1-2H3. The summed E-state index contributed by atoms with van der Waals surface area (Å²) in [5, 5.41) is 0. The van der Waals surface area contributed by atoms with Crippen molar-refractivity contribution in [3.8, 4) is 0 Å². The predicted octanol–water partition coefficient (Wildman–Crippen LogP) is 10.5. The highest BCUT2D eigenvalue weighted by molar-refractivity contribution is 6.04. The largest absolute Gasteiger partial charge is 0.345 e. The van der Waals surface area contributed by atoms with Crippen LogP contribution in [0.2, 0.25) is 0 Å². The maximum atomic E-state index is 10.9. The number of carbonyl (C=O) groups excluding carboxylic acids is 1. The van der Waals surface area contributed by atoms with Gasteiger partial charge in [-0.3, -0.25) is 34.5 Å². The minimum absolute atomic E-state index is 0.0295. The van der Waals surface area contributed by atoms with Gasteiger partial charge in [-0.15, -0.1) is 0 Å². The molecule has 0 unspecified atom stereocenters. The number of H-pyrrole nitrogens is 2. The minimum atomic E-state index is -0.280. The molecule has 0 radical (unpaired) electrons. The van der Waals surface area contributed by atoms with Crippen LogP contribution in [0.25, 0.3) is 0 Å². The molecule has 2 N–H and O–H groups in total. The van der Waals surface area contributed by atoms with E-state index in [-0.39, 0.29) is 17.0 Å². The van der Waals surface area contributed by atoms with Crippen LogP contribution < -0.4 is 11.2 Å². The van der Waals surface area contributed by atoms with Crippen molar-refractivity contribution in [1.82, 2.24) is 49.8 Å². The molecule has 7 aromatic heterocycles. The Morgan fingerprint density at radius 2 is 0.940 bits per heavy atom. The third-order valence-corrected chi connectivity index (χ3v) is 10.5. The SMILES string of the molecule is CC1=C(C)C(=O)C=CC1.Cc1ccc(=O)[nH]c1C.Cc1cccnc1C.Cc1cccnc1C.Cc1ccncc1C.Cc1cnc(=O)[nH]c1C.Cc1cncnc1C.Cc1nccnc1C. The highest BCUT2D eigenvalue weighted by Crippen LogP contribution is 2.14. The van der Waals surface area contributed by atoms with E-state index in [1.807, 2.05) is 144 Å². The van der Waals surface area contributed by atoms with E-state index >= 15 is 0 Å². The van der Waals surface area contributed by atoms with Crippen molar-refractivity contribution in [3.05, 3.63) is 221 Å². The highest BCUT2D eigenvalue weighted by atomic mass is 16.1. The molecular weight excluding hydrogens is 837 g/mol. The average Bonchev–Trinajstić information content (AvgIpc) is 3.29. The van der Waals surface area contributed by atoms with Crippen molar-refractivity contribution < 1.29 is 4.79 Å². The first kappa shape index (κ1) is 57.6. The number of aromatic nitrogens is 10. The third-order valence-electron chi connectivity index (χ3n) is 10.5. The van der Waals surface area contributed by atoms with E-state index in [1.54, 1.807) is 31.0 Å². The third kappa shape index (κ3) is 24.5. The summed E-state index contributed by atoms with van der Waals surface area (Å²) in [7, 11) is 0. The second-order valence-corrected chi connectivity index (χ2v) is 15.8. The molecule has 354 valence electrons. The van der Waals surface area contributed by atoms with Gasteiger partial charge < -0.3 is 9.97 Å². The van der Waals surface area contributed by atoms with Crippen molar-refractivity contribution >= 4 is 5.78 Å². The Morgan fingerprint density at radius 3 is 1.28 bits per heavy atom. The van der Waals surface area contributed by atoms with E-state index in [0.29, 0.717) is 0 Å². The number of aromatic amines is 2. The summed E-state index contributed by atoms with van der Waals surface area (Å²) in [6.45, 7) is 31.6. The number of nitrogens with zero attached hydrogens (tertiary/aromatic N) is 8. The monoisotopic (exact) mass is 907 g/mol. The van der Waals surface area contributed by atoms with E-state index in [2.05, 4.69) is 89.7 Å². The van der Waals surface area contributed by atoms with Crippen LogP contribution in [0.5, 0.6) is 0 Å². The van der Waals surface area contributed by atoms with Crippen molar-refractivity contribution in [2.45, 2.75) is 117 Å². The molecule has 13 nitrogen and oxygen atoms in total. The zero-order valence-corrected chi connectivity index (χ0v) is 42.4. The lowest BCUT2D eigenvalue weighted by Gasteiger charge is -2.05. The summed E-state index contributed by atoms with van der Waals surface area (Å²) < 4.78 is 0. The normalized spacial score (nSPS) is 10.7. The van der Waals surface area contributed by atoms with E-state index in [9.17, 15) is 14.4 Å². The molecule has 0 aromatic carbocycles. The lowest BCUT2D eigenvalue weighted by atomic mass is 9.99. The fraction of sp³-hybridized carbons (Fsp3) is 0.315. The van der Waals surface area contributed by atoms with Gasteiger partial charge in [-0.25, -0.2) is 19.7 Å². The quantitative estimate of drug-likeness (QED) is 0.147. The van der Waals surface area contributed by atoms with Crippen molar-refractivity contribution in [2.75, 3.05) is 0 Å². The zero-order chi connectivity index (χ0) is 50.5. The maximum absolute atomic E-state index is 10.9. The summed E-state index contributed by atoms with van der Waals surface area (Å²) in [4.78, 5) is 68.6. The summed E-state index contributed by atoms with van der Waals surface area (Å²) in [6.07, 6.45) is 20.1. The number of hydrogen-bond acceptors (Lipinski definition) is 11. The molecule has 0 aliphatic heterocycles. The molecule has 0 amide bonds. The number of pyridine rings is 4. The molecule has 8 rings (SSSR count). The zero-order valence-electron chi connectivity index (χ0n) is 42.4. The van der Waals surface area contributed by atoms with Crippen molar-refractivity contribution in [1.29, 1.82) is 0 Å². The minimum Gasteiger partial charge on any atom is -0.326 e. The number of ketones is 1. The van der Waals surface area contributed by atoms with Gasteiger partial charge in [0.1, 0.15) is 6.33 Å². The van der Waals surface area contributed by atoms with E-state index in [1.165, 1.54) is 33.9 Å². The molecule has 0 atom stereocenters. The van der Waals surface area contributed by atoms with Crippen LogP contribution in [0.4, 0.5) is 0 Å². The van der Waals surface area contributed by atoms with Crippen LogP contribution in [0, 0.1) is 96.9 Å².